The van der Waals surface area contributed by atoms with Crippen molar-refractivity contribution in [3.63, 3.8) is 0 Å². The number of ether oxygens (including phenoxy) is 1. The zero-order valence-corrected chi connectivity index (χ0v) is 6.71. The van der Waals surface area contributed by atoms with Gasteiger partial charge in [0.05, 0.1) is 6.61 Å². The summed E-state index contributed by atoms with van der Waals surface area (Å²) in [6, 6.07) is 3.99. The molecule has 0 heterocycles. The number of carbonyl (C=O) groups is 1. The molecule has 0 saturated carbocycles. The van der Waals surface area contributed by atoms with Crippen molar-refractivity contribution in [2.24, 2.45) is 0 Å². The molecule has 1 rings (SSSR count). The summed E-state index contributed by atoms with van der Waals surface area (Å²) in [5.74, 6) is -0.354. The van der Waals surface area contributed by atoms with Crippen molar-refractivity contribution >= 4 is 6.29 Å². The molecule has 0 radical (unpaired) electrons. The van der Waals surface area contributed by atoms with Crippen LogP contribution in [-0.2, 0) is 11.3 Å². The highest BCUT2D eigenvalue weighted by atomic mass is 19.1. The summed E-state index contributed by atoms with van der Waals surface area (Å²) >= 11 is 0. The summed E-state index contributed by atoms with van der Waals surface area (Å²) in [7, 11) is 1.50. The Morgan fingerprint density at radius 2 is 2.33 bits per heavy atom. The first-order valence-electron chi connectivity index (χ1n) is 3.50. The minimum Gasteiger partial charge on any atom is -0.380 e. The van der Waals surface area contributed by atoms with Crippen LogP contribution in [0.2, 0.25) is 0 Å². The van der Waals surface area contributed by atoms with Crippen molar-refractivity contribution in [1.29, 1.82) is 0 Å². The van der Waals surface area contributed by atoms with Crippen LogP contribution >= 0.6 is 0 Å². The van der Waals surface area contributed by atoms with Gasteiger partial charge in [0.15, 0.2) is 0 Å². The maximum atomic E-state index is 12.6. The lowest BCUT2D eigenvalue weighted by molar-refractivity contribution is 0.111. The van der Waals surface area contributed by atoms with Crippen LogP contribution in [0.4, 0.5) is 4.39 Å². The van der Waals surface area contributed by atoms with Gasteiger partial charge in [0, 0.05) is 12.7 Å². The molecule has 0 aromatic heterocycles. The molecule has 0 spiro atoms. The molecule has 0 bridgehead atoms. The topological polar surface area (TPSA) is 26.3 Å². The van der Waals surface area contributed by atoms with Crippen molar-refractivity contribution in [3.8, 4) is 0 Å². The normalized spacial score (nSPS) is 9.83. The van der Waals surface area contributed by atoms with Crippen molar-refractivity contribution < 1.29 is 13.9 Å². The zero-order valence-electron chi connectivity index (χ0n) is 6.71. The molecule has 1 aromatic carbocycles. The summed E-state index contributed by atoms with van der Waals surface area (Å²) in [6.07, 6.45) is 0.688. The van der Waals surface area contributed by atoms with Gasteiger partial charge in [0.25, 0.3) is 0 Å². The van der Waals surface area contributed by atoms with E-state index >= 15 is 0 Å². The standard InChI is InChI=1S/C9H9FO2/c1-12-6-8-4-9(10)3-2-7(8)5-11/h2-5H,6H2,1H3. The molecule has 0 atom stereocenters. The number of hydrogen-bond donors (Lipinski definition) is 0. The van der Waals surface area contributed by atoms with Gasteiger partial charge in [-0.25, -0.2) is 4.39 Å². The molecule has 0 amide bonds. The number of halogens is 1. The van der Waals surface area contributed by atoms with Gasteiger partial charge in [-0.15, -0.1) is 0 Å². The Labute approximate surface area is 70.0 Å². The average Bonchev–Trinajstić information content (AvgIpc) is 2.05. The smallest absolute Gasteiger partial charge is 0.150 e. The van der Waals surface area contributed by atoms with E-state index in [0.717, 1.165) is 0 Å². The molecule has 0 saturated heterocycles. The van der Waals surface area contributed by atoms with E-state index in [4.69, 9.17) is 4.74 Å². The summed E-state index contributed by atoms with van der Waals surface area (Å²) in [5.41, 5.74) is 1.05. The highest BCUT2D eigenvalue weighted by Gasteiger charge is 2.01. The van der Waals surface area contributed by atoms with Crippen LogP contribution in [0.25, 0.3) is 0 Å². The third-order valence-electron chi connectivity index (χ3n) is 1.53. The van der Waals surface area contributed by atoms with Gasteiger partial charge < -0.3 is 4.74 Å². The van der Waals surface area contributed by atoms with Gasteiger partial charge in [-0.05, 0) is 23.8 Å². The molecule has 0 aliphatic heterocycles. The summed E-state index contributed by atoms with van der Waals surface area (Å²) in [4.78, 5) is 10.4. The second-order valence-electron chi connectivity index (χ2n) is 2.39. The fraction of sp³-hybridized carbons (Fsp3) is 0.222. The molecule has 0 unspecified atom stereocenters. The number of rotatable bonds is 3. The first kappa shape index (κ1) is 8.87. The Morgan fingerprint density at radius 1 is 1.58 bits per heavy atom. The van der Waals surface area contributed by atoms with Gasteiger partial charge in [0.1, 0.15) is 12.1 Å². The second-order valence-corrected chi connectivity index (χ2v) is 2.39. The molecule has 0 fully saturated rings. The molecular formula is C9H9FO2. The van der Waals surface area contributed by atoms with Crippen LogP contribution in [0.3, 0.4) is 0 Å². The van der Waals surface area contributed by atoms with Crippen molar-refractivity contribution in [2.45, 2.75) is 6.61 Å². The number of benzene rings is 1. The highest BCUT2D eigenvalue weighted by molar-refractivity contribution is 5.77. The first-order chi connectivity index (χ1) is 5.77. The monoisotopic (exact) mass is 168 g/mol. The highest BCUT2D eigenvalue weighted by Crippen LogP contribution is 2.10. The first-order valence-corrected chi connectivity index (χ1v) is 3.50. The average molecular weight is 168 g/mol. The van der Waals surface area contributed by atoms with E-state index in [1.165, 1.54) is 25.3 Å². The number of aldehydes is 1. The Morgan fingerprint density at radius 3 is 2.92 bits per heavy atom. The molecule has 0 N–H and O–H groups in total. The maximum Gasteiger partial charge on any atom is 0.150 e. The molecule has 1 aromatic rings. The minimum absolute atomic E-state index is 0.256. The van der Waals surface area contributed by atoms with E-state index in [2.05, 4.69) is 0 Å². The fourth-order valence-corrected chi connectivity index (χ4v) is 0.970. The van der Waals surface area contributed by atoms with Gasteiger partial charge >= 0.3 is 0 Å². The molecular weight excluding hydrogens is 159 g/mol. The van der Waals surface area contributed by atoms with Crippen molar-refractivity contribution in [2.75, 3.05) is 7.11 Å². The van der Waals surface area contributed by atoms with Gasteiger partial charge in [-0.2, -0.15) is 0 Å². The summed E-state index contributed by atoms with van der Waals surface area (Å²) in [5, 5.41) is 0. The molecule has 64 valence electrons. The third-order valence-corrected chi connectivity index (χ3v) is 1.53. The lowest BCUT2D eigenvalue weighted by Crippen LogP contribution is -1.95. The molecule has 0 aliphatic rings. The molecule has 3 heteroatoms. The second kappa shape index (κ2) is 3.97. The number of methoxy groups -OCH3 is 1. The fourth-order valence-electron chi connectivity index (χ4n) is 0.970. The van der Waals surface area contributed by atoms with E-state index in [9.17, 15) is 9.18 Å². The van der Waals surface area contributed by atoms with Crippen LogP contribution < -0.4 is 0 Å². The van der Waals surface area contributed by atoms with Gasteiger partial charge in [-0.3, -0.25) is 4.79 Å². The third kappa shape index (κ3) is 1.89. The van der Waals surface area contributed by atoms with Crippen LogP contribution in [0.5, 0.6) is 0 Å². The predicted octanol–water partition coefficient (Wildman–Crippen LogP) is 1.78. The van der Waals surface area contributed by atoms with E-state index in [1.54, 1.807) is 0 Å². The quantitative estimate of drug-likeness (QED) is 0.643. The Hall–Kier alpha value is -1.22. The Bertz CT molecular complexity index is 284. The maximum absolute atomic E-state index is 12.6. The van der Waals surface area contributed by atoms with E-state index < -0.39 is 0 Å². The molecule has 0 aliphatic carbocycles. The summed E-state index contributed by atoms with van der Waals surface area (Å²) in [6.45, 7) is 0.256. The van der Waals surface area contributed by atoms with Crippen molar-refractivity contribution in [1.82, 2.24) is 0 Å². The number of hydrogen-bond acceptors (Lipinski definition) is 2. The van der Waals surface area contributed by atoms with Crippen LogP contribution in [0.1, 0.15) is 15.9 Å². The summed E-state index contributed by atoms with van der Waals surface area (Å²) < 4.78 is 17.4. The van der Waals surface area contributed by atoms with E-state index in [1.807, 2.05) is 0 Å². The number of carbonyl (C=O) groups excluding carboxylic acids is 1. The minimum atomic E-state index is -0.354. The van der Waals surface area contributed by atoms with Gasteiger partial charge in [0.2, 0.25) is 0 Å². The van der Waals surface area contributed by atoms with Crippen LogP contribution in [0, 0.1) is 5.82 Å². The lowest BCUT2D eigenvalue weighted by atomic mass is 10.1. The molecule has 12 heavy (non-hydrogen) atoms. The zero-order chi connectivity index (χ0) is 8.97. The largest absolute Gasteiger partial charge is 0.380 e. The predicted molar refractivity (Wildman–Crippen MR) is 42.5 cm³/mol. The SMILES string of the molecule is COCc1cc(F)ccc1C=O. The molecule has 2 nitrogen and oxygen atoms in total. The Balaban J connectivity index is 3.03. The van der Waals surface area contributed by atoms with Crippen molar-refractivity contribution in [3.05, 3.63) is 35.1 Å². The lowest BCUT2D eigenvalue weighted by Gasteiger charge is -2.02. The van der Waals surface area contributed by atoms with E-state index in [-0.39, 0.29) is 12.4 Å². The van der Waals surface area contributed by atoms with Gasteiger partial charge in [-0.1, -0.05) is 0 Å². The van der Waals surface area contributed by atoms with Crippen LogP contribution in [0.15, 0.2) is 18.2 Å². The Kier molecular flexibility index (Phi) is 2.94. The van der Waals surface area contributed by atoms with Crippen LogP contribution in [-0.4, -0.2) is 13.4 Å². The van der Waals surface area contributed by atoms with E-state index in [0.29, 0.717) is 17.4 Å².